The van der Waals surface area contributed by atoms with Gasteiger partial charge in [-0.25, -0.2) is 9.97 Å². The number of H-pyrrole nitrogens is 1. The molecule has 0 bridgehead atoms. The maximum absolute atomic E-state index is 11.0. The zero-order valence-corrected chi connectivity index (χ0v) is 15.5. The Kier molecular flexibility index (Phi) is 5.98. The number of aldehydes is 1. The number of fused-ring (bicyclic) bond motifs is 1. The summed E-state index contributed by atoms with van der Waals surface area (Å²) >= 11 is 0. The highest BCUT2D eigenvalue weighted by atomic mass is 16.5. The van der Waals surface area contributed by atoms with Gasteiger partial charge in [0, 0.05) is 29.6 Å². The minimum absolute atomic E-state index is 0.603. The normalized spacial score (nSPS) is 10.1. The molecule has 0 spiro atoms. The third-order valence-corrected chi connectivity index (χ3v) is 4.09. The van der Waals surface area contributed by atoms with E-state index in [0.717, 1.165) is 47.1 Å². The summed E-state index contributed by atoms with van der Waals surface area (Å²) in [5, 5.41) is 11.1. The van der Waals surface area contributed by atoms with Crippen LogP contribution in [0.5, 0.6) is 5.75 Å². The van der Waals surface area contributed by atoms with E-state index in [1.807, 2.05) is 42.5 Å². The Labute approximate surface area is 162 Å². The Morgan fingerprint density at radius 2 is 1.89 bits per heavy atom. The molecule has 0 amide bonds. The summed E-state index contributed by atoms with van der Waals surface area (Å²) in [4.78, 5) is 22.9. The molecule has 0 unspecified atom stereocenters. The molecule has 0 aliphatic carbocycles. The highest BCUT2D eigenvalue weighted by Crippen LogP contribution is 2.30. The fraction of sp³-hybridized carbons (Fsp3) is 0.0952. The Morgan fingerprint density at radius 3 is 2.68 bits per heavy atom. The number of nitrogens with one attached hydrogen (secondary N) is 2. The van der Waals surface area contributed by atoms with Crippen LogP contribution in [0.15, 0.2) is 60.9 Å². The van der Waals surface area contributed by atoms with Crippen LogP contribution in [0.3, 0.4) is 0 Å². The van der Waals surface area contributed by atoms with Gasteiger partial charge < -0.3 is 20.1 Å². The van der Waals surface area contributed by atoms with Gasteiger partial charge in [-0.05, 0) is 30.3 Å². The second kappa shape index (κ2) is 8.79. The second-order valence-corrected chi connectivity index (χ2v) is 5.77. The lowest BCUT2D eigenvalue weighted by atomic mass is 10.1. The van der Waals surface area contributed by atoms with E-state index in [2.05, 4.69) is 20.3 Å². The van der Waals surface area contributed by atoms with Crippen LogP contribution in [0.2, 0.25) is 0 Å². The Balaban J connectivity index is 0.00000109. The molecule has 28 heavy (non-hydrogen) atoms. The van der Waals surface area contributed by atoms with Gasteiger partial charge in [-0.3, -0.25) is 4.79 Å². The third kappa shape index (κ3) is 3.99. The van der Waals surface area contributed by atoms with E-state index in [4.69, 9.17) is 9.84 Å². The summed E-state index contributed by atoms with van der Waals surface area (Å²) in [7, 11) is 2.64. The van der Waals surface area contributed by atoms with Crippen molar-refractivity contribution in [1.82, 2.24) is 15.0 Å². The smallest absolute Gasteiger partial charge is 0.150 e. The van der Waals surface area contributed by atoms with Crippen LogP contribution in [0, 0.1) is 0 Å². The van der Waals surface area contributed by atoms with E-state index < -0.39 is 0 Å². The SMILES string of the molecule is CO.COc1cccc(-c2cc3c(Nc4cccc(C=O)c4)ncnc3[nH]2)c1. The maximum atomic E-state index is 11.0. The van der Waals surface area contributed by atoms with Gasteiger partial charge in [-0.1, -0.05) is 24.3 Å². The monoisotopic (exact) mass is 376 g/mol. The number of aromatic amines is 1. The quantitative estimate of drug-likeness (QED) is 0.458. The van der Waals surface area contributed by atoms with Gasteiger partial charge in [0.15, 0.2) is 0 Å². The molecule has 0 radical (unpaired) electrons. The predicted molar refractivity (Wildman–Crippen MR) is 109 cm³/mol. The molecular weight excluding hydrogens is 356 g/mol. The van der Waals surface area contributed by atoms with Gasteiger partial charge in [0.2, 0.25) is 0 Å². The lowest BCUT2D eigenvalue weighted by Gasteiger charge is -2.06. The van der Waals surface area contributed by atoms with Crippen molar-refractivity contribution in [3.05, 3.63) is 66.5 Å². The largest absolute Gasteiger partial charge is 0.497 e. The maximum Gasteiger partial charge on any atom is 0.150 e. The van der Waals surface area contributed by atoms with E-state index in [1.165, 1.54) is 6.33 Å². The minimum atomic E-state index is 0.603. The average molecular weight is 376 g/mol. The van der Waals surface area contributed by atoms with E-state index in [1.54, 1.807) is 19.2 Å². The molecule has 7 nitrogen and oxygen atoms in total. The summed E-state index contributed by atoms with van der Waals surface area (Å²) in [5.74, 6) is 1.46. The first-order chi connectivity index (χ1) is 13.8. The van der Waals surface area contributed by atoms with Crippen molar-refractivity contribution < 1.29 is 14.6 Å². The lowest BCUT2D eigenvalue weighted by Crippen LogP contribution is -1.95. The number of benzene rings is 2. The molecule has 3 N–H and O–H groups in total. The highest BCUT2D eigenvalue weighted by Gasteiger charge is 2.10. The summed E-state index contributed by atoms with van der Waals surface area (Å²) in [6.45, 7) is 0. The zero-order valence-electron chi connectivity index (χ0n) is 15.5. The minimum Gasteiger partial charge on any atom is -0.497 e. The van der Waals surface area contributed by atoms with Crippen LogP contribution in [0.25, 0.3) is 22.3 Å². The van der Waals surface area contributed by atoms with Crippen LogP contribution >= 0.6 is 0 Å². The molecule has 4 rings (SSSR count). The van der Waals surface area contributed by atoms with Gasteiger partial charge in [0.05, 0.1) is 12.5 Å². The first kappa shape index (κ1) is 19.1. The van der Waals surface area contributed by atoms with E-state index >= 15 is 0 Å². The van der Waals surface area contributed by atoms with Crippen LogP contribution in [-0.4, -0.2) is 40.6 Å². The number of hydrogen-bond donors (Lipinski definition) is 3. The van der Waals surface area contributed by atoms with Gasteiger partial charge in [0.1, 0.15) is 29.8 Å². The number of carbonyl (C=O) groups excluding carboxylic acids is 1. The molecule has 0 saturated carbocycles. The van der Waals surface area contributed by atoms with Crippen molar-refractivity contribution in [1.29, 1.82) is 0 Å². The van der Waals surface area contributed by atoms with E-state index in [9.17, 15) is 4.79 Å². The van der Waals surface area contributed by atoms with Crippen LogP contribution < -0.4 is 10.1 Å². The fourth-order valence-electron chi connectivity index (χ4n) is 2.81. The predicted octanol–water partition coefficient (Wildman–Crippen LogP) is 3.80. The standard InChI is InChI=1S/C20H16N4O2.CH4O/c1-26-16-7-3-5-14(9-16)18-10-17-19(21-12-22-20(17)24-18)23-15-6-2-4-13(8-15)11-25;1-2/h2-12H,1H3,(H2,21,22,23,24);2H,1H3. The third-order valence-electron chi connectivity index (χ3n) is 4.09. The summed E-state index contributed by atoms with van der Waals surface area (Å²) < 4.78 is 5.29. The number of hydrogen-bond acceptors (Lipinski definition) is 6. The summed E-state index contributed by atoms with van der Waals surface area (Å²) in [6.07, 6.45) is 2.32. The van der Waals surface area contributed by atoms with Gasteiger partial charge in [-0.2, -0.15) is 0 Å². The van der Waals surface area contributed by atoms with Crippen molar-refractivity contribution in [2.45, 2.75) is 0 Å². The molecule has 0 fully saturated rings. The molecular formula is C21H20N4O3. The molecule has 0 aliphatic heterocycles. The van der Waals surface area contributed by atoms with Gasteiger partial charge >= 0.3 is 0 Å². The first-order valence-corrected chi connectivity index (χ1v) is 8.52. The molecule has 2 aromatic heterocycles. The van der Waals surface area contributed by atoms with Gasteiger partial charge in [-0.15, -0.1) is 0 Å². The number of anilines is 2. The fourth-order valence-corrected chi connectivity index (χ4v) is 2.81. The molecule has 0 saturated heterocycles. The van der Waals surface area contributed by atoms with Gasteiger partial charge in [0.25, 0.3) is 0 Å². The first-order valence-electron chi connectivity index (χ1n) is 8.52. The molecule has 0 atom stereocenters. The van der Waals surface area contributed by atoms with Crippen molar-refractivity contribution in [2.24, 2.45) is 0 Å². The van der Waals surface area contributed by atoms with Crippen molar-refractivity contribution in [3.63, 3.8) is 0 Å². The number of rotatable bonds is 5. The zero-order chi connectivity index (χ0) is 19.9. The molecule has 0 aliphatic rings. The molecule has 142 valence electrons. The Morgan fingerprint density at radius 1 is 1.07 bits per heavy atom. The van der Waals surface area contributed by atoms with E-state index in [0.29, 0.717) is 11.4 Å². The lowest BCUT2D eigenvalue weighted by molar-refractivity contribution is 0.112. The number of aromatic nitrogens is 3. The molecule has 2 heterocycles. The van der Waals surface area contributed by atoms with Crippen molar-refractivity contribution in [3.8, 4) is 17.0 Å². The van der Waals surface area contributed by atoms with Crippen molar-refractivity contribution >= 4 is 28.8 Å². The summed E-state index contributed by atoms with van der Waals surface area (Å²) in [6, 6.07) is 17.0. The number of ether oxygens (including phenoxy) is 1. The number of aliphatic hydroxyl groups excluding tert-OH is 1. The summed E-state index contributed by atoms with van der Waals surface area (Å²) in [5.41, 5.74) is 4.04. The number of aliphatic hydroxyl groups is 1. The molecule has 4 aromatic rings. The second-order valence-electron chi connectivity index (χ2n) is 5.77. The van der Waals surface area contributed by atoms with Crippen LogP contribution in [0.1, 0.15) is 10.4 Å². The Bertz CT molecular complexity index is 1090. The highest BCUT2D eigenvalue weighted by molar-refractivity contribution is 5.93. The number of carbonyl (C=O) groups is 1. The van der Waals surface area contributed by atoms with Crippen LogP contribution in [0.4, 0.5) is 11.5 Å². The molecule has 7 heteroatoms. The van der Waals surface area contributed by atoms with E-state index in [-0.39, 0.29) is 0 Å². The number of nitrogens with zero attached hydrogens (tertiary/aromatic N) is 2. The average Bonchev–Trinajstić information content (AvgIpc) is 3.21. The number of methoxy groups -OCH3 is 1. The molecule has 2 aromatic carbocycles. The Hall–Kier alpha value is -3.71. The van der Waals surface area contributed by atoms with Crippen molar-refractivity contribution in [2.75, 3.05) is 19.5 Å². The topological polar surface area (TPSA) is 100 Å². The van der Waals surface area contributed by atoms with Crippen LogP contribution in [-0.2, 0) is 0 Å².